The molecule has 0 bridgehead atoms. The molecule has 1 aromatic heterocycles. The van der Waals surface area contributed by atoms with Crippen molar-refractivity contribution in [3.8, 4) is 0 Å². The monoisotopic (exact) mass is 302 g/mol. The Bertz CT molecular complexity index is 582. The van der Waals surface area contributed by atoms with Crippen molar-refractivity contribution in [2.45, 2.75) is 38.3 Å². The Morgan fingerprint density at radius 2 is 2.15 bits per heavy atom. The van der Waals surface area contributed by atoms with Crippen LogP contribution in [0.15, 0.2) is 4.90 Å². The lowest BCUT2D eigenvalue weighted by Gasteiger charge is -2.30. The first-order valence-corrected chi connectivity index (χ1v) is 8.17. The Morgan fingerprint density at radius 3 is 2.75 bits per heavy atom. The first-order valence-electron chi connectivity index (χ1n) is 6.73. The van der Waals surface area contributed by atoms with E-state index in [2.05, 4.69) is 5.10 Å². The Hall–Kier alpha value is -0.960. The van der Waals surface area contributed by atoms with Gasteiger partial charge in [-0.1, -0.05) is 0 Å². The summed E-state index contributed by atoms with van der Waals surface area (Å²) in [4.78, 5) is 0.306. The number of rotatable bonds is 4. The van der Waals surface area contributed by atoms with Crippen molar-refractivity contribution in [3.63, 3.8) is 0 Å². The third-order valence-corrected chi connectivity index (χ3v) is 5.58. The summed E-state index contributed by atoms with van der Waals surface area (Å²) in [7, 11) is -3.52. The van der Waals surface area contributed by atoms with Crippen LogP contribution in [0.25, 0.3) is 0 Å². The first-order chi connectivity index (χ1) is 9.37. The van der Waals surface area contributed by atoms with E-state index in [4.69, 9.17) is 10.5 Å². The van der Waals surface area contributed by atoms with Gasteiger partial charge in [0.15, 0.2) is 0 Å². The molecule has 1 aliphatic rings. The first kappa shape index (κ1) is 15.4. The van der Waals surface area contributed by atoms with Crippen LogP contribution in [-0.4, -0.2) is 54.8 Å². The second-order valence-corrected chi connectivity index (χ2v) is 6.93. The quantitative estimate of drug-likeness (QED) is 0.836. The van der Waals surface area contributed by atoms with E-state index < -0.39 is 10.0 Å². The van der Waals surface area contributed by atoms with Crippen molar-refractivity contribution in [2.24, 2.45) is 5.73 Å². The van der Waals surface area contributed by atoms with Crippen molar-refractivity contribution in [1.29, 1.82) is 0 Å². The van der Waals surface area contributed by atoms with Crippen molar-refractivity contribution >= 4 is 10.0 Å². The molecular weight excluding hydrogens is 280 g/mol. The second-order valence-electron chi connectivity index (χ2n) is 5.06. The highest BCUT2D eigenvalue weighted by Crippen LogP contribution is 2.24. The van der Waals surface area contributed by atoms with Crippen molar-refractivity contribution < 1.29 is 13.2 Å². The van der Waals surface area contributed by atoms with Crippen LogP contribution in [0.3, 0.4) is 0 Å². The molecule has 2 N–H and O–H groups in total. The number of sulfonamides is 1. The van der Waals surface area contributed by atoms with E-state index in [-0.39, 0.29) is 6.10 Å². The Morgan fingerprint density at radius 1 is 1.45 bits per heavy atom. The number of nitrogens with two attached hydrogens (primary N) is 1. The molecule has 1 saturated heterocycles. The molecule has 2 rings (SSSR count). The van der Waals surface area contributed by atoms with Crippen LogP contribution in [0, 0.1) is 13.8 Å². The van der Waals surface area contributed by atoms with Gasteiger partial charge in [-0.15, -0.1) is 0 Å². The third kappa shape index (κ3) is 2.73. The molecule has 2 heterocycles. The average Bonchev–Trinajstić information content (AvgIpc) is 2.65. The maximum Gasteiger partial charge on any atom is 0.246 e. The minimum Gasteiger partial charge on any atom is -0.376 e. The van der Waals surface area contributed by atoms with Gasteiger partial charge in [0.1, 0.15) is 4.90 Å². The van der Waals surface area contributed by atoms with E-state index in [1.807, 2.05) is 6.92 Å². The number of hydrogen-bond donors (Lipinski definition) is 1. The third-order valence-electron chi connectivity index (χ3n) is 3.46. The van der Waals surface area contributed by atoms with E-state index in [0.717, 1.165) is 0 Å². The lowest BCUT2D eigenvalue weighted by Crippen LogP contribution is -2.44. The summed E-state index contributed by atoms with van der Waals surface area (Å²) in [6, 6.07) is 0. The molecule has 1 unspecified atom stereocenters. The largest absolute Gasteiger partial charge is 0.376 e. The van der Waals surface area contributed by atoms with Crippen LogP contribution < -0.4 is 5.73 Å². The molecule has 20 heavy (non-hydrogen) atoms. The highest BCUT2D eigenvalue weighted by molar-refractivity contribution is 7.89. The van der Waals surface area contributed by atoms with E-state index in [1.54, 1.807) is 18.5 Å². The zero-order valence-corrected chi connectivity index (χ0v) is 13.0. The van der Waals surface area contributed by atoms with Crippen LogP contribution in [0.4, 0.5) is 0 Å². The zero-order valence-electron chi connectivity index (χ0n) is 12.2. The molecular formula is C12H22N4O3S. The molecule has 114 valence electrons. The highest BCUT2D eigenvalue weighted by Gasteiger charge is 2.33. The summed E-state index contributed by atoms with van der Waals surface area (Å²) in [5.74, 6) is 0. The average molecular weight is 302 g/mol. The van der Waals surface area contributed by atoms with Gasteiger partial charge in [-0.25, -0.2) is 8.42 Å². The SMILES string of the molecule is Cc1nn(CCN)c(C)c1S(=O)(=O)N1CCOC(C)C1. The number of aryl methyl sites for hydroxylation is 1. The number of aromatic nitrogens is 2. The fourth-order valence-corrected chi connectivity index (χ4v) is 4.40. The van der Waals surface area contributed by atoms with Gasteiger partial charge in [-0.3, -0.25) is 4.68 Å². The molecule has 0 radical (unpaired) electrons. The topological polar surface area (TPSA) is 90.5 Å². The van der Waals surface area contributed by atoms with Gasteiger partial charge in [0.05, 0.1) is 30.6 Å². The van der Waals surface area contributed by atoms with Gasteiger partial charge in [0, 0.05) is 19.6 Å². The summed E-state index contributed by atoms with van der Waals surface area (Å²) in [5, 5.41) is 4.28. The summed E-state index contributed by atoms with van der Waals surface area (Å²) in [5.41, 5.74) is 6.69. The Balaban J connectivity index is 2.39. The predicted molar refractivity (Wildman–Crippen MR) is 74.9 cm³/mol. The number of morpholine rings is 1. The lowest BCUT2D eigenvalue weighted by molar-refractivity contribution is 0.0101. The summed E-state index contributed by atoms with van der Waals surface area (Å²) in [6.07, 6.45) is -0.0850. The summed E-state index contributed by atoms with van der Waals surface area (Å²) in [6.45, 7) is 7.49. The lowest BCUT2D eigenvalue weighted by atomic mass is 10.3. The standard InChI is InChI=1S/C12H22N4O3S/c1-9-8-15(6-7-19-9)20(17,18)12-10(2)14-16(5-4-13)11(12)3/h9H,4-8,13H2,1-3H3. The second kappa shape index (κ2) is 5.80. The minimum atomic E-state index is -3.52. The van der Waals surface area contributed by atoms with Crippen LogP contribution in [0.1, 0.15) is 18.3 Å². The van der Waals surface area contributed by atoms with Gasteiger partial charge in [0.25, 0.3) is 0 Å². The molecule has 0 aliphatic carbocycles. The van der Waals surface area contributed by atoms with E-state index in [9.17, 15) is 8.42 Å². The van der Waals surface area contributed by atoms with Crippen LogP contribution >= 0.6 is 0 Å². The Labute approximate surface area is 119 Å². The van der Waals surface area contributed by atoms with Gasteiger partial charge in [-0.2, -0.15) is 9.40 Å². The smallest absolute Gasteiger partial charge is 0.246 e. The Kier molecular flexibility index (Phi) is 4.48. The molecule has 0 aromatic carbocycles. The molecule has 1 aliphatic heterocycles. The van der Waals surface area contributed by atoms with Crippen molar-refractivity contribution in [2.75, 3.05) is 26.2 Å². The fraction of sp³-hybridized carbons (Fsp3) is 0.750. The molecule has 0 spiro atoms. The van der Waals surface area contributed by atoms with Gasteiger partial charge >= 0.3 is 0 Å². The highest BCUT2D eigenvalue weighted by atomic mass is 32.2. The maximum absolute atomic E-state index is 12.8. The van der Waals surface area contributed by atoms with Gasteiger partial charge < -0.3 is 10.5 Å². The molecule has 1 fully saturated rings. The zero-order chi connectivity index (χ0) is 14.9. The molecule has 1 aromatic rings. The summed E-state index contributed by atoms with van der Waals surface area (Å²) < 4.78 is 34.1. The molecule has 8 heteroatoms. The predicted octanol–water partition coefficient (Wildman–Crippen LogP) is -0.132. The normalized spacial score (nSPS) is 21.3. The van der Waals surface area contributed by atoms with Crippen LogP contribution in [0.5, 0.6) is 0 Å². The summed E-state index contributed by atoms with van der Waals surface area (Å²) >= 11 is 0. The van der Waals surface area contributed by atoms with Gasteiger partial charge in [-0.05, 0) is 20.8 Å². The maximum atomic E-state index is 12.8. The van der Waals surface area contributed by atoms with Crippen molar-refractivity contribution in [1.82, 2.24) is 14.1 Å². The number of ether oxygens (including phenoxy) is 1. The number of nitrogens with zero attached hydrogens (tertiary/aromatic N) is 3. The number of hydrogen-bond acceptors (Lipinski definition) is 5. The van der Waals surface area contributed by atoms with Crippen LogP contribution in [-0.2, 0) is 21.3 Å². The molecule has 0 amide bonds. The molecule has 7 nitrogen and oxygen atoms in total. The van der Waals surface area contributed by atoms with E-state index in [1.165, 1.54) is 4.31 Å². The molecule has 0 saturated carbocycles. The van der Waals surface area contributed by atoms with Crippen molar-refractivity contribution in [3.05, 3.63) is 11.4 Å². The molecule has 1 atom stereocenters. The van der Waals surface area contributed by atoms with E-state index in [0.29, 0.717) is 49.1 Å². The van der Waals surface area contributed by atoms with Crippen LogP contribution in [0.2, 0.25) is 0 Å². The fourth-order valence-electron chi connectivity index (χ4n) is 2.53. The van der Waals surface area contributed by atoms with Gasteiger partial charge in [0.2, 0.25) is 10.0 Å². The minimum absolute atomic E-state index is 0.0850. The van der Waals surface area contributed by atoms with E-state index >= 15 is 0 Å².